The average molecular weight is 235 g/mol. The minimum Gasteiger partial charge on any atom is -0.362 e. The number of hydrogen-bond acceptors (Lipinski definition) is 3. The first-order valence-corrected chi connectivity index (χ1v) is 5.95. The molecule has 0 unspecified atom stereocenters. The lowest BCUT2D eigenvalue weighted by atomic mass is 10.2. The van der Waals surface area contributed by atoms with Crippen molar-refractivity contribution in [2.45, 2.75) is 13.8 Å². The first-order valence-electron chi connectivity index (χ1n) is 5.95. The number of benzene rings is 1. The van der Waals surface area contributed by atoms with Crippen LogP contribution < -0.4 is 16.0 Å². The highest BCUT2D eigenvalue weighted by Gasteiger charge is 2.09. The van der Waals surface area contributed by atoms with Crippen LogP contribution in [0.25, 0.3) is 0 Å². The number of carbonyl (C=O) groups excluding carboxylic acids is 1. The van der Waals surface area contributed by atoms with Crippen molar-refractivity contribution in [3.05, 3.63) is 29.8 Å². The molecule has 0 aromatic heterocycles. The van der Waals surface area contributed by atoms with E-state index in [1.807, 2.05) is 36.9 Å². The smallest absolute Gasteiger partial charge is 0.239 e. The molecule has 1 amide bonds. The Balaban J connectivity index is 2.62. The number of nitrogens with zero attached hydrogens (tertiary/aromatic N) is 1. The maximum absolute atomic E-state index is 11.6. The standard InChI is InChI=1S/C13H21N3O/c1-3-16(10-13(17)15-8-7-14)12-6-4-5-11(2)9-12/h4-6,9H,3,7-8,10,14H2,1-2H3,(H,15,17). The van der Waals surface area contributed by atoms with Crippen molar-refractivity contribution in [2.75, 3.05) is 31.1 Å². The summed E-state index contributed by atoms with van der Waals surface area (Å²) in [5.41, 5.74) is 7.62. The molecule has 0 spiro atoms. The van der Waals surface area contributed by atoms with Crippen LogP contribution in [0.5, 0.6) is 0 Å². The fraction of sp³-hybridized carbons (Fsp3) is 0.462. The van der Waals surface area contributed by atoms with Crippen LogP contribution >= 0.6 is 0 Å². The first kappa shape index (κ1) is 13.5. The minimum absolute atomic E-state index is 0.0128. The van der Waals surface area contributed by atoms with E-state index in [1.54, 1.807) is 0 Å². The van der Waals surface area contributed by atoms with Gasteiger partial charge in [0.15, 0.2) is 0 Å². The predicted octanol–water partition coefficient (Wildman–Crippen LogP) is 0.896. The number of carbonyl (C=O) groups is 1. The lowest BCUT2D eigenvalue weighted by Crippen LogP contribution is -2.39. The molecule has 94 valence electrons. The Kier molecular flexibility index (Phi) is 5.49. The summed E-state index contributed by atoms with van der Waals surface area (Å²) in [6.45, 7) is 6.27. The monoisotopic (exact) mass is 235 g/mol. The van der Waals surface area contributed by atoms with Gasteiger partial charge in [-0.1, -0.05) is 12.1 Å². The first-order chi connectivity index (χ1) is 8.17. The number of nitrogens with one attached hydrogen (secondary N) is 1. The Morgan fingerprint density at radius 3 is 2.82 bits per heavy atom. The molecule has 0 aliphatic rings. The highest BCUT2D eigenvalue weighted by atomic mass is 16.2. The molecule has 4 heteroatoms. The lowest BCUT2D eigenvalue weighted by molar-refractivity contribution is -0.119. The predicted molar refractivity (Wildman–Crippen MR) is 71.1 cm³/mol. The van der Waals surface area contributed by atoms with Gasteiger partial charge in [-0.05, 0) is 31.5 Å². The minimum atomic E-state index is 0.0128. The van der Waals surface area contributed by atoms with E-state index in [0.29, 0.717) is 19.6 Å². The molecular formula is C13H21N3O. The van der Waals surface area contributed by atoms with E-state index in [1.165, 1.54) is 5.56 Å². The van der Waals surface area contributed by atoms with Crippen molar-refractivity contribution in [1.82, 2.24) is 5.32 Å². The van der Waals surface area contributed by atoms with Gasteiger partial charge in [0.05, 0.1) is 6.54 Å². The number of anilines is 1. The van der Waals surface area contributed by atoms with E-state index in [4.69, 9.17) is 5.73 Å². The Bertz CT molecular complexity index is 365. The largest absolute Gasteiger partial charge is 0.362 e. The van der Waals surface area contributed by atoms with E-state index in [-0.39, 0.29) is 5.91 Å². The molecular weight excluding hydrogens is 214 g/mol. The van der Waals surface area contributed by atoms with E-state index in [9.17, 15) is 4.79 Å². The molecule has 3 N–H and O–H groups in total. The van der Waals surface area contributed by atoms with Crippen molar-refractivity contribution in [3.63, 3.8) is 0 Å². The molecule has 0 fully saturated rings. The normalized spacial score (nSPS) is 10.1. The number of likely N-dealkylation sites (N-methyl/N-ethyl adjacent to an activating group) is 1. The van der Waals surface area contributed by atoms with Gasteiger partial charge in [0.25, 0.3) is 0 Å². The number of hydrogen-bond donors (Lipinski definition) is 2. The molecule has 0 aliphatic heterocycles. The zero-order chi connectivity index (χ0) is 12.7. The van der Waals surface area contributed by atoms with E-state index >= 15 is 0 Å². The molecule has 0 saturated carbocycles. The Hall–Kier alpha value is -1.55. The maximum atomic E-state index is 11.6. The van der Waals surface area contributed by atoms with Gasteiger partial charge in [-0.25, -0.2) is 0 Å². The van der Waals surface area contributed by atoms with Crippen molar-refractivity contribution < 1.29 is 4.79 Å². The van der Waals surface area contributed by atoms with Gasteiger partial charge < -0.3 is 16.0 Å². The highest BCUT2D eigenvalue weighted by Crippen LogP contribution is 2.15. The molecule has 0 saturated heterocycles. The van der Waals surface area contributed by atoms with Crippen LogP contribution in [0.4, 0.5) is 5.69 Å². The second kappa shape index (κ2) is 6.91. The van der Waals surface area contributed by atoms with Gasteiger partial charge in [0.1, 0.15) is 0 Å². The topological polar surface area (TPSA) is 58.4 Å². The van der Waals surface area contributed by atoms with Crippen LogP contribution in [0.2, 0.25) is 0 Å². The molecule has 1 aromatic carbocycles. The van der Waals surface area contributed by atoms with Crippen molar-refractivity contribution in [3.8, 4) is 0 Å². The summed E-state index contributed by atoms with van der Waals surface area (Å²) < 4.78 is 0. The zero-order valence-electron chi connectivity index (χ0n) is 10.6. The fourth-order valence-corrected chi connectivity index (χ4v) is 1.65. The van der Waals surface area contributed by atoms with Gasteiger partial charge in [-0.2, -0.15) is 0 Å². The molecule has 0 heterocycles. The Labute approximate surface area is 103 Å². The van der Waals surface area contributed by atoms with Crippen LogP contribution in [0, 0.1) is 6.92 Å². The lowest BCUT2D eigenvalue weighted by Gasteiger charge is -2.22. The second-order valence-corrected chi connectivity index (χ2v) is 3.99. The third-order valence-corrected chi connectivity index (χ3v) is 2.55. The Morgan fingerprint density at radius 2 is 2.24 bits per heavy atom. The summed E-state index contributed by atoms with van der Waals surface area (Å²) >= 11 is 0. The zero-order valence-corrected chi connectivity index (χ0v) is 10.6. The summed E-state index contributed by atoms with van der Waals surface area (Å²) in [7, 11) is 0. The summed E-state index contributed by atoms with van der Waals surface area (Å²) in [5.74, 6) is 0.0128. The number of rotatable bonds is 6. The summed E-state index contributed by atoms with van der Waals surface area (Å²) in [6.07, 6.45) is 0. The molecule has 0 bridgehead atoms. The third-order valence-electron chi connectivity index (χ3n) is 2.55. The molecule has 0 atom stereocenters. The molecule has 1 rings (SSSR count). The second-order valence-electron chi connectivity index (χ2n) is 3.99. The van der Waals surface area contributed by atoms with Crippen LogP contribution in [-0.4, -0.2) is 32.1 Å². The highest BCUT2D eigenvalue weighted by molar-refractivity contribution is 5.81. The summed E-state index contributed by atoms with van der Waals surface area (Å²) in [6, 6.07) is 8.16. The van der Waals surface area contributed by atoms with Crippen molar-refractivity contribution >= 4 is 11.6 Å². The van der Waals surface area contributed by atoms with Crippen molar-refractivity contribution in [1.29, 1.82) is 0 Å². The Morgan fingerprint density at radius 1 is 1.47 bits per heavy atom. The number of amides is 1. The van der Waals surface area contributed by atoms with E-state index in [2.05, 4.69) is 11.4 Å². The van der Waals surface area contributed by atoms with E-state index in [0.717, 1.165) is 12.2 Å². The van der Waals surface area contributed by atoms with Gasteiger partial charge >= 0.3 is 0 Å². The van der Waals surface area contributed by atoms with Gasteiger partial charge in [-0.15, -0.1) is 0 Å². The molecule has 1 aromatic rings. The van der Waals surface area contributed by atoms with Crippen molar-refractivity contribution in [2.24, 2.45) is 5.73 Å². The quantitative estimate of drug-likeness (QED) is 0.770. The fourth-order valence-electron chi connectivity index (χ4n) is 1.65. The van der Waals surface area contributed by atoms with Gasteiger partial charge in [-0.3, -0.25) is 4.79 Å². The third kappa shape index (κ3) is 4.44. The van der Waals surface area contributed by atoms with Gasteiger partial charge in [0, 0.05) is 25.3 Å². The average Bonchev–Trinajstić information content (AvgIpc) is 2.33. The van der Waals surface area contributed by atoms with Crippen LogP contribution in [0.15, 0.2) is 24.3 Å². The van der Waals surface area contributed by atoms with Crippen LogP contribution in [-0.2, 0) is 4.79 Å². The number of nitrogens with two attached hydrogens (primary N) is 1. The summed E-state index contributed by atoms with van der Waals surface area (Å²) in [5, 5.41) is 2.78. The van der Waals surface area contributed by atoms with Crippen LogP contribution in [0.1, 0.15) is 12.5 Å². The maximum Gasteiger partial charge on any atom is 0.239 e. The molecule has 0 aliphatic carbocycles. The van der Waals surface area contributed by atoms with Crippen LogP contribution in [0.3, 0.4) is 0 Å². The molecule has 17 heavy (non-hydrogen) atoms. The molecule has 0 radical (unpaired) electrons. The number of aryl methyl sites for hydroxylation is 1. The van der Waals surface area contributed by atoms with Gasteiger partial charge in [0.2, 0.25) is 5.91 Å². The summed E-state index contributed by atoms with van der Waals surface area (Å²) in [4.78, 5) is 13.7. The van der Waals surface area contributed by atoms with E-state index < -0.39 is 0 Å². The SMILES string of the molecule is CCN(CC(=O)NCCN)c1cccc(C)c1. The molecule has 4 nitrogen and oxygen atoms in total.